The lowest BCUT2D eigenvalue weighted by atomic mass is 10.1. The van der Waals surface area contributed by atoms with Crippen LogP contribution in [0.3, 0.4) is 0 Å². The number of rotatable bonds is 14. The fraction of sp³-hybridized carbons (Fsp3) is 0.531. The van der Waals surface area contributed by atoms with Crippen molar-refractivity contribution in [2.45, 2.75) is 65.3 Å². The summed E-state index contributed by atoms with van der Waals surface area (Å²) in [5.41, 5.74) is 4.44. The van der Waals surface area contributed by atoms with Crippen LogP contribution in [0.4, 0.5) is 16.3 Å². The molecule has 1 atom stereocenters. The van der Waals surface area contributed by atoms with Gasteiger partial charge in [0.05, 0.1) is 36.6 Å². The Morgan fingerprint density at radius 2 is 1.98 bits per heavy atom. The van der Waals surface area contributed by atoms with Gasteiger partial charge in [0.2, 0.25) is 0 Å². The van der Waals surface area contributed by atoms with E-state index in [4.69, 9.17) is 24.2 Å². The number of anilines is 2. The third-order valence-electron chi connectivity index (χ3n) is 7.57. The van der Waals surface area contributed by atoms with E-state index in [1.807, 2.05) is 29.5 Å². The van der Waals surface area contributed by atoms with Crippen molar-refractivity contribution in [2.24, 2.45) is 5.92 Å². The number of carbonyl (C=O) groups is 1. The SMILES string of the molecule is CCCc1sc(CCc2cc(N3CCOCC3)cc(NC(C)c3cccc(OCNC(=O)OCC4CC4)c3)n2)nc1C. The number of thiazole rings is 1. The van der Waals surface area contributed by atoms with Crippen LogP contribution in [0.2, 0.25) is 0 Å². The van der Waals surface area contributed by atoms with Crippen LogP contribution < -0.4 is 20.3 Å². The summed E-state index contributed by atoms with van der Waals surface area (Å²) in [5.74, 6) is 2.05. The van der Waals surface area contributed by atoms with Gasteiger partial charge in [-0.3, -0.25) is 5.32 Å². The zero-order chi connectivity index (χ0) is 29.3. The number of hydrogen-bond donors (Lipinski definition) is 2. The van der Waals surface area contributed by atoms with Gasteiger partial charge in [-0.1, -0.05) is 25.5 Å². The van der Waals surface area contributed by atoms with Gasteiger partial charge >= 0.3 is 6.09 Å². The predicted molar refractivity (Wildman–Crippen MR) is 167 cm³/mol. The van der Waals surface area contributed by atoms with E-state index in [0.717, 1.165) is 87.6 Å². The molecule has 2 fully saturated rings. The first-order chi connectivity index (χ1) is 20.5. The Labute approximate surface area is 253 Å². The van der Waals surface area contributed by atoms with Gasteiger partial charge in [-0.25, -0.2) is 14.8 Å². The molecule has 0 bridgehead atoms. The molecule has 1 saturated carbocycles. The fourth-order valence-corrected chi connectivity index (χ4v) is 6.12. The third kappa shape index (κ3) is 8.82. The molecule has 2 N–H and O–H groups in total. The maximum Gasteiger partial charge on any atom is 0.409 e. The number of alkyl carbamates (subject to hydrolysis) is 1. The summed E-state index contributed by atoms with van der Waals surface area (Å²) in [4.78, 5) is 25.5. The second-order valence-corrected chi connectivity index (χ2v) is 12.3. The molecule has 1 aromatic carbocycles. The van der Waals surface area contributed by atoms with Crippen LogP contribution in [-0.2, 0) is 28.7 Å². The molecule has 3 aromatic rings. The predicted octanol–water partition coefficient (Wildman–Crippen LogP) is 6.07. The fourth-order valence-electron chi connectivity index (χ4n) is 4.95. The molecule has 42 heavy (non-hydrogen) atoms. The number of morpholine rings is 1. The Kier molecular flexibility index (Phi) is 10.5. The monoisotopic (exact) mass is 593 g/mol. The van der Waals surface area contributed by atoms with E-state index in [9.17, 15) is 4.79 Å². The van der Waals surface area contributed by atoms with Crippen LogP contribution in [0.25, 0.3) is 0 Å². The van der Waals surface area contributed by atoms with Gasteiger partial charge in [-0.05, 0) is 69.2 Å². The molecular formula is C32H43N5O4S. The maximum atomic E-state index is 11.8. The standard InChI is InChI=1S/C32H43N5O4S/c1-4-6-29-23(3)35-31(42-29)12-11-26-18-27(37-13-15-39-16-14-37)19-30(36-26)34-22(2)25-7-5-8-28(17-25)41-21-33-32(38)40-20-24-9-10-24/h5,7-8,17-19,22,24H,4,6,9-16,20-21H2,1-3H3,(H,33,38)(H,34,36). The molecule has 1 amide bonds. The molecule has 0 radical (unpaired) electrons. The number of aromatic nitrogens is 2. The zero-order valence-electron chi connectivity index (χ0n) is 25.0. The topological polar surface area (TPSA) is 97.8 Å². The van der Waals surface area contributed by atoms with Crippen LogP contribution in [0, 0.1) is 12.8 Å². The molecule has 1 aliphatic carbocycles. The average Bonchev–Trinajstić information content (AvgIpc) is 3.77. The van der Waals surface area contributed by atoms with Crippen LogP contribution in [0.15, 0.2) is 36.4 Å². The Morgan fingerprint density at radius 3 is 2.76 bits per heavy atom. The number of pyridine rings is 1. The Morgan fingerprint density at radius 1 is 1.14 bits per heavy atom. The number of hydrogen-bond acceptors (Lipinski definition) is 9. The minimum Gasteiger partial charge on any atom is -0.473 e. The van der Waals surface area contributed by atoms with Crippen molar-refractivity contribution in [1.29, 1.82) is 0 Å². The van der Waals surface area contributed by atoms with Gasteiger partial charge in [0, 0.05) is 41.8 Å². The van der Waals surface area contributed by atoms with Crippen molar-refractivity contribution in [3.8, 4) is 5.75 Å². The van der Waals surface area contributed by atoms with Crippen molar-refractivity contribution >= 4 is 28.9 Å². The largest absolute Gasteiger partial charge is 0.473 e. The first-order valence-corrected chi connectivity index (χ1v) is 16.0. The summed E-state index contributed by atoms with van der Waals surface area (Å²) in [7, 11) is 0. The van der Waals surface area contributed by atoms with Crippen molar-refractivity contribution in [3.05, 3.63) is 63.2 Å². The van der Waals surface area contributed by atoms with Crippen LogP contribution >= 0.6 is 11.3 Å². The van der Waals surface area contributed by atoms with E-state index in [-0.39, 0.29) is 12.8 Å². The van der Waals surface area contributed by atoms with Gasteiger partial charge < -0.3 is 24.4 Å². The van der Waals surface area contributed by atoms with Gasteiger partial charge in [0.15, 0.2) is 6.73 Å². The first kappa shape index (κ1) is 30.1. The van der Waals surface area contributed by atoms with E-state index in [2.05, 4.69) is 54.5 Å². The van der Waals surface area contributed by atoms with Crippen molar-refractivity contribution in [3.63, 3.8) is 0 Å². The van der Waals surface area contributed by atoms with Crippen molar-refractivity contribution in [2.75, 3.05) is 49.9 Å². The summed E-state index contributed by atoms with van der Waals surface area (Å²) >= 11 is 1.84. The van der Waals surface area contributed by atoms with Gasteiger partial charge in [-0.2, -0.15) is 0 Å². The molecule has 9 nitrogen and oxygen atoms in total. The Hall–Kier alpha value is -3.37. The molecule has 0 spiro atoms. The molecular weight excluding hydrogens is 550 g/mol. The number of nitrogens with zero attached hydrogens (tertiary/aromatic N) is 3. The van der Waals surface area contributed by atoms with Gasteiger partial charge in [0.25, 0.3) is 0 Å². The maximum absolute atomic E-state index is 11.8. The Bertz CT molecular complexity index is 1320. The minimum absolute atomic E-state index is 0.0106. The number of carbonyl (C=O) groups excluding carboxylic acids is 1. The molecule has 10 heteroatoms. The van der Waals surface area contributed by atoms with E-state index >= 15 is 0 Å². The highest BCUT2D eigenvalue weighted by Gasteiger charge is 2.23. The van der Waals surface area contributed by atoms with E-state index in [1.54, 1.807) is 0 Å². The van der Waals surface area contributed by atoms with Gasteiger partial charge in [-0.15, -0.1) is 11.3 Å². The van der Waals surface area contributed by atoms with E-state index < -0.39 is 6.09 Å². The number of aryl methyl sites for hydroxylation is 4. The van der Waals surface area contributed by atoms with Crippen LogP contribution in [0.5, 0.6) is 5.75 Å². The molecule has 2 aliphatic rings. The molecule has 2 aromatic heterocycles. The quantitative estimate of drug-likeness (QED) is 0.218. The highest BCUT2D eigenvalue weighted by atomic mass is 32.1. The molecule has 5 rings (SSSR count). The van der Waals surface area contributed by atoms with E-state index in [0.29, 0.717) is 18.3 Å². The van der Waals surface area contributed by atoms with Crippen molar-refractivity contribution in [1.82, 2.24) is 15.3 Å². The lowest BCUT2D eigenvalue weighted by Crippen LogP contribution is -2.36. The molecule has 1 saturated heterocycles. The van der Waals surface area contributed by atoms with Gasteiger partial charge in [0.1, 0.15) is 11.6 Å². The number of ether oxygens (including phenoxy) is 3. The highest BCUT2D eigenvalue weighted by molar-refractivity contribution is 7.11. The van der Waals surface area contributed by atoms with Crippen LogP contribution in [0.1, 0.15) is 66.0 Å². The van der Waals surface area contributed by atoms with Crippen LogP contribution in [-0.4, -0.2) is 55.7 Å². The molecule has 226 valence electrons. The summed E-state index contributed by atoms with van der Waals surface area (Å²) < 4.78 is 16.6. The second kappa shape index (κ2) is 14.7. The normalized spacial score (nSPS) is 15.7. The van der Waals surface area contributed by atoms with Crippen molar-refractivity contribution < 1.29 is 19.0 Å². The summed E-state index contributed by atoms with van der Waals surface area (Å²) in [6.07, 6.45) is 5.79. The molecule has 3 heterocycles. The van der Waals surface area contributed by atoms with E-state index in [1.165, 1.54) is 15.6 Å². The summed E-state index contributed by atoms with van der Waals surface area (Å²) in [5, 5.41) is 7.45. The number of benzene rings is 1. The molecule has 1 aliphatic heterocycles. The summed E-state index contributed by atoms with van der Waals surface area (Å²) in [6, 6.07) is 12.2. The third-order valence-corrected chi connectivity index (χ3v) is 8.85. The lowest BCUT2D eigenvalue weighted by molar-refractivity contribution is 0.122. The number of amides is 1. The zero-order valence-corrected chi connectivity index (χ0v) is 25.8. The smallest absolute Gasteiger partial charge is 0.409 e. The second-order valence-electron chi connectivity index (χ2n) is 11.1. The number of nitrogens with one attached hydrogen (secondary N) is 2. The lowest BCUT2D eigenvalue weighted by Gasteiger charge is -2.29. The minimum atomic E-state index is -0.443. The summed E-state index contributed by atoms with van der Waals surface area (Å²) in [6.45, 7) is 10.2. The first-order valence-electron chi connectivity index (χ1n) is 15.2. The molecule has 1 unspecified atom stereocenters. The average molecular weight is 594 g/mol. The highest BCUT2D eigenvalue weighted by Crippen LogP contribution is 2.29. The Balaban J connectivity index is 1.23.